The number of carbonyl (C=O) groups excluding carboxylic acids is 4. The first-order valence-electron chi connectivity index (χ1n) is 15.0. The number of rotatable bonds is 8. The first-order valence-corrected chi connectivity index (χ1v) is 15.0. The van der Waals surface area contributed by atoms with Gasteiger partial charge in [-0.05, 0) is 73.4 Å². The molecule has 5 rings (SSSR count). The molecule has 2 aromatic heterocycles. The fourth-order valence-electron chi connectivity index (χ4n) is 5.87. The number of ether oxygens (including phenoxy) is 1. The molecule has 0 saturated carbocycles. The number of methoxy groups -OCH3 is 1. The average molecular weight is 600 g/mol. The molecule has 12 nitrogen and oxygen atoms in total. The number of fused-ring (bicyclic) bond motifs is 1. The summed E-state index contributed by atoms with van der Waals surface area (Å²) in [5.41, 5.74) is 1.78. The van der Waals surface area contributed by atoms with E-state index in [1.165, 1.54) is 12.0 Å². The van der Waals surface area contributed by atoms with Gasteiger partial charge in [-0.2, -0.15) is 0 Å². The lowest BCUT2D eigenvalue weighted by atomic mass is 10.0. The highest BCUT2D eigenvalue weighted by atomic mass is 16.5. The maximum atomic E-state index is 13.3. The van der Waals surface area contributed by atoms with Crippen LogP contribution in [0.25, 0.3) is 21.9 Å². The maximum absolute atomic E-state index is 13.3. The van der Waals surface area contributed by atoms with E-state index in [-0.39, 0.29) is 29.7 Å². The number of pyridine rings is 2. The van der Waals surface area contributed by atoms with Gasteiger partial charge in [0, 0.05) is 29.9 Å². The molecule has 0 spiro atoms. The Morgan fingerprint density at radius 1 is 0.864 bits per heavy atom. The average Bonchev–Trinajstić information content (AvgIpc) is 3.69. The summed E-state index contributed by atoms with van der Waals surface area (Å²) in [6.45, 7) is 5.00. The Bertz CT molecular complexity index is 1550. The Morgan fingerprint density at radius 2 is 1.55 bits per heavy atom. The zero-order valence-electron chi connectivity index (χ0n) is 25.5. The minimum Gasteiger partial charge on any atom is -0.453 e. The molecule has 0 aliphatic carbocycles. The monoisotopic (exact) mass is 599 g/mol. The smallest absolute Gasteiger partial charge is 0.407 e. The van der Waals surface area contributed by atoms with E-state index in [1.54, 1.807) is 18.5 Å². The molecule has 4 heterocycles. The Hall–Kier alpha value is -4.52. The van der Waals surface area contributed by atoms with E-state index in [2.05, 4.69) is 35.5 Å². The number of aromatic nitrogens is 2. The van der Waals surface area contributed by atoms with Crippen LogP contribution in [0, 0.1) is 5.92 Å². The van der Waals surface area contributed by atoms with Crippen LogP contribution in [-0.2, 0) is 19.1 Å². The van der Waals surface area contributed by atoms with Crippen LogP contribution in [0.1, 0.15) is 39.5 Å². The van der Waals surface area contributed by atoms with Crippen molar-refractivity contribution in [2.75, 3.05) is 30.8 Å². The number of nitrogens with one attached hydrogen (secondary N) is 3. The van der Waals surface area contributed by atoms with Gasteiger partial charge in [0.25, 0.3) is 0 Å². The fraction of sp³-hybridized carbons (Fsp3) is 0.419. The maximum Gasteiger partial charge on any atom is 0.407 e. The summed E-state index contributed by atoms with van der Waals surface area (Å²) in [6, 6.07) is 9.82. The molecule has 3 aromatic rings. The normalized spacial score (nSPS) is 19.1. The van der Waals surface area contributed by atoms with Crippen molar-refractivity contribution in [1.29, 1.82) is 0 Å². The van der Waals surface area contributed by atoms with Crippen molar-refractivity contribution in [3.05, 3.63) is 48.8 Å². The quantitative estimate of drug-likeness (QED) is 0.335. The molecule has 230 valence electrons. The van der Waals surface area contributed by atoms with Crippen LogP contribution in [0.3, 0.4) is 0 Å². The number of benzene rings is 1. The van der Waals surface area contributed by atoms with Crippen molar-refractivity contribution < 1.29 is 23.9 Å². The van der Waals surface area contributed by atoms with Crippen molar-refractivity contribution in [3.8, 4) is 11.1 Å². The third kappa shape index (κ3) is 6.83. The van der Waals surface area contributed by atoms with E-state index in [0.717, 1.165) is 41.3 Å². The van der Waals surface area contributed by atoms with Gasteiger partial charge >= 0.3 is 6.09 Å². The fourth-order valence-corrected chi connectivity index (χ4v) is 5.87. The van der Waals surface area contributed by atoms with E-state index in [1.807, 2.05) is 52.2 Å². The minimum absolute atomic E-state index is 0.0440. The van der Waals surface area contributed by atoms with Gasteiger partial charge in [0.05, 0.1) is 13.2 Å². The molecule has 0 bridgehead atoms. The molecule has 2 aliphatic heterocycles. The van der Waals surface area contributed by atoms with E-state index in [4.69, 9.17) is 0 Å². The summed E-state index contributed by atoms with van der Waals surface area (Å²) in [5.74, 6) is 0.0161. The van der Waals surface area contributed by atoms with Gasteiger partial charge in [0.1, 0.15) is 23.7 Å². The largest absolute Gasteiger partial charge is 0.453 e. The highest BCUT2D eigenvalue weighted by Gasteiger charge is 2.39. The predicted octanol–water partition coefficient (Wildman–Crippen LogP) is 2.56. The van der Waals surface area contributed by atoms with Crippen LogP contribution in [0.15, 0.2) is 48.8 Å². The van der Waals surface area contributed by atoms with E-state index >= 15 is 0 Å². The summed E-state index contributed by atoms with van der Waals surface area (Å²) in [7, 11) is 3.20. The highest BCUT2D eigenvalue weighted by Crippen LogP contribution is 2.27. The third-order valence-electron chi connectivity index (χ3n) is 8.37. The topological polar surface area (TPSA) is 146 Å². The summed E-state index contributed by atoms with van der Waals surface area (Å²) in [5, 5.41) is 10.3. The van der Waals surface area contributed by atoms with Crippen molar-refractivity contribution in [1.82, 2.24) is 25.0 Å². The Balaban J connectivity index is 1.25. The van der Waals surface area contributed by atoms with Crippen LogP contribution < -0.4 is 16.0 Å². The zero-order chi connectivity index (χ0) is 31.4. The highest BCUT2D eigenvalue weighted by molar-refractivity contribution is 6.08. The number of alkyl carbamates (subject to hydrolysis) is 1. The first kappa shape index (κ1) is 30.9. The standard InChI is InChI=1S/C31H38BN7O5/c1-18(2)27(37-31(43)44-3)30(42)38-12-4-6-23(38)28(40)35-25-11-10-20(16-33-25)19-8-9-21-17-34-26(15-22(21)14-19)36-29(41)24-7-5-13-39(24)32/h8-11,14-18,23-24,27H,4-7,12-13,32H2,1-3H3,(H,37,43)(H,33,35,40)(H,34,36,41)/t23-,24-,27-/m0/s1. The molecule has 0 radical (unpaired) electrons. The van der Waals surface area contributed by atoms with Gasteiger partial charge in [-0.15, -0.1) is 0 Å². The third-order valence-corrected chi connectivity index (χ3v) is 8.37. The zero-order valence-corrected chi connectivity index (χ0v) is 25.5. The van der Waals surface area contributed by atoms with E-state index in [9.17, 15) is 19.2 Å². The number of anilines is 2. The van der Waals surface area contributed by atoms with Crippen molar-refractivity contribution in [2.24, 2.45) is 5.92 Å². The van der Waals surface area contributed by atoms with Gasteiger partial charge in [-0.25, -0.2) is 14.8 Å². The molecule has 2 fully saturated rings. The van der Waals surface area contributed by atoms with Crippen LogP contribution in [0.5, 0.6) is 0 Å². The lowest BCUT2D eigenvalue weighted by Gasteiger charge is -2.30. The van der Waals surface area contributed by atoms with Crippen LogP contribution in [-0.4, -0.2) is 89.8 Å². The lowest BCUT2D eigenvalue weighted by Crippen LogP contribution is -2.54. The van der Waals surface area contributed by atoms with Crippen molar-refractivity contribution >= 4 is 54.2 Å². The molecule has 13 heteroatoms. The second-order valence-corrected chi connectivity index (χ2v) is 11.7. The van der Waals surface area contributed by atoms with Crippen LogP contribution in [0.4, 0.5) is 16.4 Å². The molecule has 2 saturated heterocycles. The Labute approximate surface area is 257 Å². The molecule has 0 unspecified atom stereocenters. The van der Waals surface area contributed by atoms with Gasteiger partial charge in [-0.3, -0.25) is 14.4 Å². The second-order valence-electron chi connectivity index (χ2n) is 11.7. The van der Waals surface area contributed by atoms with Crippen LogP contribution in [0.2, 0.25) is 0 Å². The number of nitrogens with zero attached hydrogens (tertiary/aromatic N) is 4. The van der Waals surface area contributed by atoms with E-state index in [0.29, 0.717) is 31.0 Å². The van der Waals surface area contributed by atoms with Gasteiger partial charge < -0.3 is 30.4 Å². The molecule has 3 N–H and O–H groups in total. The predicted molar refractivity (Wildman–Crippen MR) is 169 cm³/mol. The van der Waals surface area contributed by atoms with Gasteiger partial charge in [0.2, 0.25) is 17.7 Å². The molecule has 1 aromatic carbocycles. The molecule has 44 heavy (non-hydrogen) atoms. The number of likely N-dealkylation sites (tertiary alicyclic amines) is 1. The molecule has 4 amide bonds. The Kier molecular flexibility index (Phi) is 9.43. The lowest BCUT2D eigenvalue weighted by molar-refractivity contribution is -0.139. The number of hydrogen-bond acceptors (Lipinski definition) is 8. The Morgan fingerprint density at radius 3 is 2.23 bits per heavy atom. The summed E-state index contributed by atoms with van der Waals surface area (Å²) >= 11 is 0. The number of carbonyl (C=O) groups is 4. The van der Waals surface area contributed by atoms with Crippen molar-refractivity contribution in [3.63, 3.8) is 0 Å². The first-order chi connectivity index (χ1) is 21.1. The van der Waals surface area contributed by atoms with E-state index < -0.39 is 18.2 Å². The second kappa shape index (κ2) is 13.4. The number of amides is 4. The molecule has 2 aliphatic rings. The summed E-state index contributed by atoms with van der Waals surface area (Å²) < 4.78 is 4.67. The van der Waals surface area contributed by atoms with Gasteiger partial charge in [-0.1, -0.05) is 26.0 Å². The number of hydrogen-bond donors (Lipinski definition) is 3. The molecule has 3 atom stereocenters. The molecular weight excluding hydrogens is 561 g/mol. The molecular formula is C31H38BN7O5. The van der Waals surface area contributed by atoms with Crippen molar-refractivity contribution in [2.45, 2.75) is 57.7 Å². The summed E-state index contributed by atoms with van der Waals surface area (Å²) in [6.07, 6.45) is 5.79. The summed E-state index contributed by atoms with van der Waals surface area (Å²) in [4.78, 5) is 63.5. The SMILES string of the molecule is BN1CCC[C@H]1C(=O)Nc1cc2cc(-c3ccc(NC(=O)[C@@H]4CCCN4C(=O)[C@@H](NC(=O)OC)C(C)C)nc3)ccc2cn1. The van der Waals surface area contributed by atoms with Gasteiger partial charge in [0.15, 0.2) is 7.98 Å². The minimum atomic E-state index is -0.799. The van der Waals surface area contributed by atoms with Crippen LogP contribution >= 0.6 is 0 Å².